The molecule has 19 heavy (non-hydrogen) atoms. The van der Waals surface area contributed by atoms with Crippen LogP contribution in [0.4, 0.5) is 0 Å². The summed E-state index contributed by atoms with van der Waals surface area (Å²) in [4.78, 5) is 14.1. The second-order valence-corrected chi connectivity index (χ2v) is 6.66. The highest BCUT2D eigenvalue weighted by Gasteiger charge is 2.44. The molecule has 1 heterocycles. The summed E-state index contributed by atoms with van der Waals surface area (Å²) in [5, 5.41) is 0. The highest BCUT2D eigenvalue weighted by Crippen LogP contribution is 2.36. The van der Waals surface area contributed by atoms with E-state index in [0.717, 1.165) is 38.1 Å². The normalized spacial score (nSPS) is 37.2. The van der Waals surface area contributed by atoms with Crippen LogP contribution in [0.1, 0.15) is 51.9 Å². The summed E-state index contributed by atoms with van der Waals surface area (Å²) in [6, 6.07) is 0. The SMILES string of the molecule is CC1CCCN(CCC2CCCC2(N)C(N)=O)CC1. The van der Waals surface area contributed by atoms with Crippen LogP contribution in [0.15, 0.2) is 0 Å². The topological polar surface area (TPSA) is 72.3 Å². The van der Waals surface area contributed by atoms with Crippen molar-refractivity contribution >= 4 is 5.91 Å². The molecule has 0 aromatic heterocycles. The van der Waals surface area contributed by atoms with Crippen LogP contribution < -0.4 is 11.5 Å². The van der Waals surface area contributed by atoms with Gasteiger partial charge >= 0.3 is 0 Å². The van der Waals surface area contributed by atoms with E-state index in [0.29, 0.717) is 0 Å². The molecular weight excluding hydrogens is 238 g/mol. The molecule has 110 valence electrons. The Balaban J connectivity index is 1.83. The lowest BCUT2D eigenvalue weighted by atomic mass is 9.85. The first-order chi connectivity index (χ1) is 9.02. The summed E-state index contributed by atoms with van der Waals surface area (Å²) in [6.07, 6.45) is 7.84. The highest BCUT2D eigenvalue weighted by molar-refractivity contribution is 5.85. The maximum absolute atomic E-state index is 11.6. The maximum atomic E-state index is 11.6. The molecule has 2 aliphatic rings. The molecule has 0 spiro atoms. The van der Waals surface area contributed by atoms with Crippen LogP contribution in [-0.2, 0) is 4.79 Å². The predicted octanol–water partition coefficient (Wildman–Crippen LogP) is 1.48. The molecule has 4 N–H and O–H groups in total. The van der Waals surface area contributed by atoms with E-state index in [1.807, 2.05) is 0 Å². The summed E-state index contributed by atoms with van der Waals surface area (Å²) < 4.78 is 0. The van der Waals surface area contributed by atoms with E-state index in [-0.39, 0.29) is 11.8 Å². The van der Waals surface area contributed by atoms with E-state index in [4.69, 9.17) is 11.5 Å². The van der Waals surface area contributed by atoms with Gasteiger partial charge in [0.2, 0.25) is 5.91 Å². The Morgan fingerprint density at radius 1 is 1.26 bits per heavy atom. The summed E-state index contributed by atoms with van der Waals surface area (Å²) >= 11 is 0. The van der Waals surface area contributed by atoms with Gasteiger partial charge in [0.15, 0.2) is 0 Å². The summed E-state index contributed by atoms with van der Waals surface area (Å²) in [5.74, 6) is 0.834. The minimum Gasteiger partial charge on any atom is -0.368 e. The predicted molar refractivity (Wildman–Crippen MR) is 77.5 cm³/mol. The van der Waals surface area contributed by atoms with Gasteiger partial charge in [0.1, 0.15) is 0 Å². The molecule has 3 atom stereocenters. The summed E-state index contributed by atoms with van der Waals surface area (Å²) in [7, 11) is 0. The van der Waals surface area contributed by atoms with E-state index in [1.54, 1.807) is 0 Å². The number of nitrogens with two attached hydrogens (primary N) is 2. The minimum atomic E-state index is -0.737. The molecule has 2 fully saturated rings. The Morgan fingerprint density at radius 2 is 2.05 bits per heavy atom. The van der Waals surface area contributed by atoms with Crippen LogP contribution in [0, 0.1) is 11.8 Å². The zero-order chi connectivity index (χ0) is 13.9. The fourth-order valence-corrected chi connectivity index (χ4v) is 3.71. The lowest BCUT2D eigenvalue weighted by Gasteiger charge is -2.30. The van der Waals surface area contributed by atoms with Crippen molar-refractivity contribution in [2.45, 2.75) is 57.4 Å². The number of primary amides is 1. The molecule has 2 rings (SSSR count). The third-order valence-corrected chi connectivity index (χ3v) is 5.23. The fraction of sp³-hybridized carbons (Fsp3) is 0.933. The van der Waals surface area contributed by atoms with Gasteiger partial charge in [-0.2, -0.15) is 0 Å². The Hall–Kier alpha value is -0.610. The van der Waals surface area contributed by atoms with Crippen LogP contribution in [0.2, 0.25) is 0 Å². The van der Waals surface area contributed by atoms with Crippen molar-refractivity contribution in [3.63, 3.8) is 0 Å². The second-order valence-electron chi connectivity index (χ2n) is 6.66. The Bertz CT molecular complexity index is 321. The lowest BCUT2D eigenvalue weighted by Crippen LogP contribution is -2.55. The molecule has 1 amide bonds. The first-order valence-corrected chi connectivity index (χ1v) is 7.83. The van der Waals surface area contributed by atoms with Crippen molar-refractivity contribution in [1.82, 2.24) is 4.90 Å². The zero-order valence-corrected chi connectivity index (χ0v) is 12.2. The molecule has 0 bridgehead atoms. The average Bonchev–Trinajstić information content (AvgIpc) is 2.62. The standard InChI is InChI=1S/C15H29N3O/c1-12-4-3-9-18(10-6-12)11-7-13-5-2-8-15(13,17)14(16)19/h12-13H,2-11,17H2,1H3,(H2,16,19). The first-order valence-electron chi connectivity index (χ1n) is 7.83. The summed E-state index contributed by atoms with van der Waals surface area (Å²) in [5.41, 5.74) is 11.0. The molecular formula is C15H29N3O. The highest BCUT2D eigenvalue weighted by atomic mass is 16.1. The number of likely N-dealkylation sites (tertiary alicyclic amines) is 1. The van der Waals surface area contributed by atoms with Crippen molar-refractivity contribution in [1.29, 1.82) is 0 Å². The number of hydrogen-bond acceptors (Lipinski definition) is 3. The van der Waals surface area contributed by atoms with E-state index >= 15 is 0 Å². The molecule has 1 aliphatic heterocycles. The molecule has 1 saturated heterocycles. The van der Waals surface area contributed by atoms with Gasteiger partial charge in [-0.1, -0.05) is 13.3 Å². The zero-order valence-electron chi connectivity index (χ0n) is 12.2. The van der Waals surface area contributed by atoms with Crippen molar-refractivity contribution in [3.05, 3.63) is 0 Å². The van der Waals surface area contributed by atoms with E-state index < -0.39 is 5.54 Å². The number of carbonyl (C=O) groups is 1. The largest absolute Gasteiger partial charge is 0.368 e. The Morgan fingerprint density at radius 3 is 2.79 bits per heavy atom. The van der Waals surface area contributed by atoms with Gasteiger partial charge in [0.25, 0.3) is 0 Å². The van der Waals surface area contributed by atoms with E-state index in [1.165, 1.54) is 32.4 Å². The monoisotopic (exact) mass is 267 g/mol. The van der Waals surface area contributed by atoms with Gasteiger partial charge in [-0.15, -0.1) is 0 Å². The van der Waals surface area contributed by atoms with Crippen LogP contribution in [0.25, 0.3) is 0 Å². The molecule has 1 aliphatic carbocycles. The third-order valence-electron chi connectivity index (χ3n) is 5.23. The third kappa shape index (κ3) is 3.48. The van der Waals surface area contributed by atoms with E-state index in [9.17, 15) is 4.79 Å². The van der Waals surface area contributed by atoms with Gasteiger partial charge in [-0.25, -0.2) is 0 Å². The first kappa shape index (κ1) is 14.8. The molecule has 4 heteroatoms. The number of rotatable bonds is 4. The quantitative estimate of drug-likeness (QED) is 0.810. The van der Waals surface area contributed by atoms with Crippen LogP contribution in [0.3, 0.4) is 0 Å². The van der Waals surface area contributed by atoms with E-state index in [2.05, 4.69) is 11.8 Å². The van der Waals surface area contributed by atoms with Gasteiger partial charge in [0.05, 0.1) is 5.54 Å². The minimum absolute atomic E-state index is 0.283. The van der Waals surface area contributed by atoms with Crippen molar-refractivity contribution in [3.8, 4) is 0 Å². The lowest BCUT2D eigenvalue weighted by molar-refractivity contribution is -0.124. The number of hydrogen-bond donors (Lipinski definition) is 2. The maximum Gasteiger partial charge on any atom is 0.237 e. The Labute approximate surface area is 116 Å². The number of amides is 1. The van der Waals surface area contributed by atoms with Gasteiger partial charge in [-0.05, 0) is 70.0 Å². The van der Waals surface area contributed by atoms with Crippen molar-refractivity contribution in [2.75, 3.05) is 19.6 Å². The van der Waals surface area contributed by atoms with Crippen molar-refractivity contribution in [2.24, 2.45) is 23.3 Å². The van der Waals surface area contributed by atoms with Crippen LogP contribution in [0.5, 0.6) is 0 Å². The van der Waals surface area contributed by atoms with Gasteiger partial charge in [0, 0.05) is 0 Å². The average molecular weight is 267 g/mol. The van der Waals surface area contributed by atoms with Crippen molar-refractivity contribution < 1.29 is 4.79 Å². The molecule has 0 radical (unpaired) electrons. The summed E-state index contributed by atoms with van der Waals surface area (Å²) in [6.45, 7) is 5.81. The Kier molecular flexibility index (Phi) is 4.85. The van der Waals surface area contributed by atoms with Crippen LogP contribution >= 0.6 is 0 Å². The molecule has 3 unspecified atom stereocenters. The number of nitrogens with zero attached hydrogens (tertiary/aromatic N) is 1. The molecule has 4 nitrogen and oxygen atoms in total. The fourth-order valence-electron chi connectivity index (χ4n) is 3.71. The molecule has 0 aromatic carbocycles. The number of carbonyl (C=O) groups excluding carboxylic acids is 1. The molecule has 1 saturated carbocycles. The van der Waals surface area contributed by atoms with Gasteiger partial charge < -0.3 is 16.4 Å². The second kappa shape index (κ2) is 6.23. The molecule has 0 aromatic rings. The van der Waals surface area contributed by atoms with Crippen LogP contribution in [-0.4, -0.2) is 36.0 Å². The smallest absolute Gasteiger partial charge is 0.237 e. The van der Waals surface area contributed by atoms with Gasteiger partial charge in [-0.3, -0.25) is 4.79 Å².